The number of aromatic carboxylic acids is 1. The Kier molecular flexibility index (Phi) is 3.47. The molecular weight excluding hydrogens is 234 g/mol. The van der Waals surface area contributed by atoms with Crippen LogP contribution >= 0.6 is 0 Å². The molecule has 0 bridgehead atoms. The predicted octanol–water partition coefficient (Wildman–Crippen LogP) is 0.890. The van der Waals surface area contributed by atoms with E-state index in [2.05, 4.69) is 10.3 Å². The van der Waals surface area contributed by atoms with Crippen molar-refractivity contribution in [2.24, 2.45) is 0 Å². The summed E-state index contributed by atoms with van der Waals surface area (Å²) in [5.41, 5.74) is 0.396. The Hall–Kier alpha value is -2.08. The summed E-state index contributed by atoms with van der Waals surface area (Å²) in [6.07, 6.45) is 3.19. The molecule has 0 unspecified atom stereocenters. The normalized spacial score (nSPS) is 10.9. The maximum atomic E-state index is 11.1. The van der Waals surface area contributed by atoms with Gasteiger partial charge in [-0.2, -0.15) is 0 Å². The lowest BCUT2D eigenvalue weighted by Crippen LogP contribution is -2.09. The van der Waals surface area contributed by atoms with Gasteiger partial charge in [0.1, 0.15) is 11.6 Å². The van der Waals surface area contributed by atoms with Gasteiger partial charge < -0.3 is 19.9 Å². The molecule has 0 aliphatic carbocycles. The van der Waals surface area contributed by atoms with Crippen molar-refractivity contribution < 1.29 is 15.0 Å². The molecule has 0 radical (unpaired) electrons. The number of nitrogens with one attached hydrogen (secondary N) is 1. The second-order valence-electron chi connectivity index (χ2n) is 4.03. The zero-order valence-corrected chi connectivity index (χ0v) is 10.1. The Morgan fingerprint density at radius 3 is 3.00 bits per heavy atom. The first kappa shape index (κ1) is 12.4. The van der Waals surface area contributed by atoms with Crippen molar-refractivity contribution in [3.8, 4) is 5.75 Å². The Labute approximate surface area is 104 Å². The summed E-state index contributed by atoms with van der Waals surface area (Å²) in [5, 5.41) is 21.5. The molecule has 3 N–H and O–H groups in total. The Morgan fingerprint density at radius 1 is 1.56 bits per heavy atom. The number of rotatable bonds is 5. The van der Waals surface area contributed by atoms with Crippen LogP contribution in [0.4, 0.5) is 0 Å². The van der Waals surface area contributed by atoms with E-state index in [-0.39, 0.29) is 11.4 Å². The molecular formula is C12H15N3O3. The van der Waals surface area contributed by atoms with Gasteiger partial charge in [-0.25, -0.2) is 9.78 Å². The van der Waals surface area contributed by atoms with Crippen LogP contribution in [0.15, 0.2) is 18.3 Å². The van der Waals surface area contributed by atoms with E-state index in [1.54, 1.807) is 10.6 Å². The molecule has 2 aromatic rings. The van der Waals surface area contributed by atoms with Gasteiger partial charge in [0, 0.05) is 18.7 Å². The van der Waals surface area contributed by atoms with Crippen molar-refractivity contribution in [3.05, 3.63) is 29.8 Å². The monoisotopic (exact) mass is 249 g/mol. The summed E-state index contributed by atoms with van der Waals surface area (Å²) in [6, 6.07) is 2.93. The third kappa shape index (κ3) is 2.28. The minimum Gasteiger partial charge on any atom is -0.508 e. The highest BCUT2D eigenvalue weighted by molar-refractivity contribution is 5.94. The number of hydrogen-bond acceptors (Lipinski definition) is 4. The van der Waals surface area contributed by atoms with Crippen LogP contribution in [0, 0.1) is 0 Å². The number of nitrogens with zero attached hydrogens (tertiary/aromatic N) is 2. The third-order valence-corrected chi connectivity index (χ3v) is 2.73. The van der Waals surface area contributed by atoms with Crippen molar-refractivity contribution in [3.63, 3.8) is 0 Å². The molecule has 0 amide bonds. The molecule has 2 aromatic heterocycles. The van der Waals surface area contributed by atoms with E-state index in [0.717, 1.165) is 13.0 Å². The first-order chi connectivity index (χ1) is 8.63. The summed E-state index contributed by atoms with van der Waals surface area (Å²) in [7, 11) is 1.87. The first-order valence-corrected chi connectivity index (χ1v) is 5.71. The summed E-state index contributed by atoms with van der Waals surface area (Å²) in [6.45, 7) is 0.843. The molecule has 18 heavy (non-hydrogen) atoms. The van der Waals surface area contributed by atoms with E-state index in [4.69, 9.17) is 5.11 Å². The van der Waals surface area contributed by atoms with Crippen molar-refractivity contribution in [2.45, 2.75) is 12.8 Å². The van der Waals surface area contributed by atoms with E-state index in [9.17, 15) is 9.90 Å². The summed E-state index contributed by atoms with van der Waals surface area (Å²) in [4.78, 5) is 15.2. The zero-order chi connectivity index (χ0) is 13.1. The van der Waals surface area contributed by atoms with Gasteiger partial charge in [-0.3, -0.25) is 0 Å². The number of pyridine rings is 1. The molecule has 0 aromatic carbocycles. The van der Waals surface area contributed by atoms with E-state index < -0.39 is 5.97 Å². The second-order valence-corrected chi connectivity index (χ2v) is 4.03. The fourth-order valence-electron chi connectivity index (χ4n) is 1.89. The van der Waals surface area contributed by atoms with Gasteiger partial charge in [0.05, 0.1) is 5.52 Å². The van der Waals surface area contributed by atoms with Gasteiger partial charge in [0.25, 0.3) is 0 Å². The maximum Gasteiger partial charge on any atom is 0.356 e. The van der Waals surface area contributed by atoms with Crippen LogP contribution < -0.4 is 5.32 Å². The summed E-state index contributed by atoms with van der Waals surface area (Å²) >= 11 is 0. The fraction of sp³-hybridized carbons (Fsp3) is 0.333. The van der Waals surface area contributed by atoms with E-state index in [1.807, 2.05) is 7.05 Å². The van der Waals surface area contributed by atoms with E-state index in [1.165, 1.54) is 12.1 Å². The highest BCUT2D eigenvalue weighted by Gasteiger charge is 2.16. The lowest BCUT2D eigenvalue weighted by atomic mass is 10.3. The van der Waals surface area contributed by atoms with Gasteiger partial charge in [-0.15, -0.1) is 0 Å². The molecule has 0 saturated heterocycles. The van der Waals surface area contributed by atoms with Gasteiger partial charge in [0.15, 0.2) is 5.69 Å². The van der Waals surface area contributed by atoms with Crippen molar-refractivity contribution >= 4 is 11.5 Å². The SMILES string of the molecule is CNCCCc1nc(C(=O)O)c2cc(O)ccn12. The standard InChI is InChI=1S/C12H15N3O3/c1-13-5-2-3-10-14-11(12(17)18)9-7-8(16)4-6-15(9)10/h4,6-7,13,16H,2-3,5H2,1H3,(H,17,18). The second kappa shape index (κ2) is 5.05. The quantitative estimate of drug-likeness (QED) is 0.685. The number of carboxylic acids is 1. The van der Waals surface area contributed by atoms with E-state index >= 15 is 0 Å². The molecule has 6 heteroatoms. The smallest absolute Gasteiger partial charge is 0.356 e. The lowest BCUT2D eigenvalue weighted by Gasteiger charge is -2.01. The van der Waals surface area contributed by atoms with Gasteiger partial charge in [-0.05, 0) is 26.1 Å². The summed E-state index contributed by atoms with van der Waals surface area (Å²) < 4.78 is 1.71. The largest absolute Gasteiger partial charge is 0.508 e. The number of carbonyl (C=O) groups is 1. The highest BCUT2D eigenvalue weighted by Crippen LogP contribution is 2.19. The minimum absolute atomic E-state index is 0.0228. The number of fused-ring (bicyclic) bond motifs is 1. The molecule has 0 aliphatic rings. The van der Waals surface area contributed by atoms with Crippen LogP contribution in [0.5, 0.6) is 5.75 Å². The van der Waals surface area contributed by atoms with Crippen LogP contribution in [-0.4, -0.2) is 39.2 Å². The van der Waals surface area contributed by atoms with E-state index in [0.29, 0.717) is 17.8 Å². The number of imidazole rings is 1. The minimum atomic E-state index is -1.09. The Morgan fingerprint density at radius 2 is 2.33 bits per heavy atom. The molecule has 2 heterocycles. The third-order valence-electron chi connectivity index (χ3n) is 2.73. The average molecular weight is 249 g/mol. The number of aromatic hydroxyl groups is 1. The number of hydrogen-bond donors (Lipinski definition) is 3. The topological polar surface area (TPSA) is 86.9 Å². The van der Waals surface area contributed by atoms with Crippen LogP contribution in [0.1, 0.15) is 22.7 Å². The fourth-order valence-corrected chi connectivity index (χ4v) is 1.89. The van der Waals surface area contributed by atoms with Crippen molar-refractivity contribution in [1.29, 1.82) is 0 Å². The Bertz CT molecular complexity index is 577. The molecule has 0 fully saturated rings. The molecule has 6 nitrogen and oxygen atoms in total. The number of aryl methyl sites for hydroxylation is 1. The van der Waals surface area contributed by atoms with Gasteiger partial charge in [0.2, 0.25) is 0 Å². The molecule has 0 atom stereocenters. The van der Waals surface area contributed by atoms with Crippen LogP contribution in [0.2, 0.25) is 0 Å². The van der Waals surface area contributed by atoms with Gasteiger partial charge in [-0.1, -0.05) is 0 Å². The Balaban J connectivity index is 2.44. The van der Waals surface area contributed by atoms with Crippen LogP contribution in [0.3, 0.4) is 0 Å². The van der Waals surface area contributed by atoms with Crippen molar-refractivity contribution in [2.75, 3.05) is 13.6 Å². The molecule has 0 aliphatic heterocycles. The molecule has 0 saturated carbocycles. The number of carboxylic acid groups (broad SMARTS) is 1. The summed E-state index contributed by atoms with van der Waals surface area (Å²) in [5.74, 6) is -0.359. The molecule has 0 spiro atoms. The maximum absolute atomic E-state index is 11.1. The van der Waals surface area contributed by atoms with Crippen molar-refractivity contribution in [1.82, 2.24) is 14.7 Å². The highest BCUT2D eigenvalue weighted by atomic mass is 16.4. The zero-order valence-electron chi connectivity index (χ0n) is 10.1. The lowest BCUT2D eigenvalue weighted by molar-refractivity contribution is 0.0693. The number of aromatic nitrogens is 2. The van der Waals surface area contributed by atoms with Gasteiger partial charge >= 0.3 is 5.97 Å². The molecule has 2 rings (SSSR count). The first-order valence-electron chi connectivity index (χ1n) is 5.71. The average Bonchev–Trinajstić information content (AvgIpc) is 2.68. The molecule has 96 valence electrons. The predicted molar refractivity (Wildman–Crippen MR) is 66.1 cm³/mol. The van der Waals surface area contributed by atoms with Crippen LogP contribution in [-0.2, 0) is 6.42 Å². The van der Waals surface area contributed by atoms with Crippen LogP contribution in [0.25, 0.3) is 5.52 Å².